The smallest absolute Gasteiger partial charge is 0.00134 e. The lowest BCUT2D eigenvalue weighted by molar-refractivity contribution is -0.146. The summed E-state index contributed by atoms with van der Waals surface area (Å²) in [4.78, 5) is 0. The van der Waals surface area contributed by atoms with Gasteiger partial charge in [-0.25, -0.2) is 0 Å². The first-order valence-corrected chi connectivity index (χ1v) is 17.4. The van der Waals surface area contributed by atoms with E-state index in [9.17, 15) is 0 Å². The predicted octanol–water partition coefficient (Wildman–Crippen LogP) is 12.0. The molecule has 0 radical (unpaired) electrons. The summed E-state index contributed by atoms with van der Waals surface area (Å²) in [6.45, 7) is 37.2. The molecular weight excluding hydrogens is 480 g/mol. The van der Waals surface area contributed by atoms with E-state index in [0.29, 0.717) is 23.2 Å². The largest absolute Gasteiger partial charge is 0.0992 e. The van der Waals surface area contributed by atoms with Crippen LogP contribution in [0.4, 0.5) is 0 Å². The van der Waals surface area contributed by atoms with Crippen LogP contribution in [0, 0.1) is 69.5 Å². The summed E-state index contributed by atoms with van der Waals surface area (Å²) >= 11 is 0. The fraction of sp³-hybridized carbons (Fsp3) is 0.800. The van der Waals surface area contributed by atoms with Crippen LogP contribution in [0.5, 0.6) is 0 Å². The summed E-state index contributed by atoms with van der Waals surface area (Å²) in [5.74, 6) is 6.91. The van der Waals surface area contributed by atoms with Gasteiger partial charge in [0, 0.05) is 5.41 Å². The third-order valence-electron chi connectivity index (χ3n) is 14.6. The molecule has 0 aliphatic heterocycles. The monoisotopic (exact) mass is 545 g/mol. The molecule has 5 aliphatic carbocycles. The molecule has 0 N–H and O–H groups in total. The van der Waals surface area contributed by atoms with E-state index in [-0.39, 0.29) is 10.8 Å². The van der Waals surface area contributed by atoms with Crippen LogP contribution < -0.4 is 0 Å². The zero-order valence-corrected chi connectivity index (χ0v) is 28.1. The predicted molar refractivity (Wildman–Crippen MR) is 175 cm³/mol. The van der Waals surface area contributed by atoms with Gasteiger partial charge in [0.25, 0.3) is 0 Å². The minimum absolute atomic E-state index is 0.0798. The Morgan fingerprint density at radius 1 is 1.00 bits per heavy atom. The molecule has 0 heterocycles. The normalized spacial score (nSPS) is 46.2. The van der Waals surface area contributed by atoms with Gasteiger partial charge < -0.3 is 0 Å². The number of hydrogen-bond acceptors (Lipinski definition) is 0. The Bertz CT molecular complexity index is 1060. The third-order valence-corrected chi connectivity index (χ3v) is 14.6. The lowest BCUT2D eigenvalue weighted by Gasteiger charge is -2.70. The molecule has 224 valence electrons. The summed E-state index contributed by atoms with van der Waals surface area (Å²) in [5.41, 5.74) is 7.78. The van der Waals surface area contributed by atoms with Crippen molar-refractivity contribution in [2.75, 3.05) is 0 Å². The van der Waals surface area contributed by atoms with Crippen molar-refractivity contribution in [1.29, 1.82) is 0 Å². The van der Waals surface area contributed by atoms with Crippen molar-refractivity contribution in [2.24, 2.45) is 69.5 Å². The standard InChI is InChI=1S/C40H64/c1-24(2)33-20-32(19-18-31-16-14-13-15-17-31)27(6)36-28(7)37-30(9)40(12)29(8)35(25(3)4)26(5)21-39(40,11)23-38(37,10)22-34(33)36/h24,27,30-34,36-37H,3,7-8,13-23H2,1-2,4-6,9-12H3. The summed E-state index contributed by atoms with van der Waals surface area (Å²) in [6, 6.07) is 0. The molecule has 0 aromatic heterocycles. The SMILES string of the molecule is C=C(C)C1=C(C)CC2(C)CC3(C)CC4C(C(C)C)CC(CCC5CCCCC5)C(C)C4C(=C)C3C(C)C2(C)C1=C. The maximum absolute atomic E-state index is 5.13. The molecule has 10 atom stereocenters. The van der Waals surface area contributed by atoms with Crippen LogP contribution in [0.1, 0.15) is 133 Å². The van der Waals surface area contributed by atoms with Gasteiger partial charge in [0.2, 0.25) is 0 Å². The molecule has 5 rings (SSSR count). The molecular formula is C40H64. The van der Waals surface area contributed by atoms with Crippen LogP contribution in [0.2, 0.25) is 0 Å². The van der Waals surface area contributed by atoms with Crippen LogP contribution in [-0.2, 0) is 0 Å². The first kappa shape index (κ1) is 30.4. The zero-order valence-electron chi connectivity index (χ0n) is 28.1. The maximum atomic E-state index is 5.13. The molecule has 4 saturated carbocycles. The van der Waals surface area contributed by atoms with Gasteiger partial charge in [0.15, 0.2) is 0 Å². The van der Waals surface area contributed by atoms with E-state index in [1.54, 1.807) is 5.57 Å². The summed E-state index contributed by atoms with van der Waals surface area (Å²) < 4.78 is 0. The molecule has 0 aromatic carbocycles. The Hall–Kier alpha value is -1.04. The van der Waals surface area contributed by atoms with Gasteiger partial charge in [-0.15, -0.1) is 0 Å². The molecule has 5 aliphatic rings. The highest BCUT2D eigenvalue weighted by Crippen LogP contribution is 2.74. The highest BCUT2D eigenvalue weighted by molar-refractivity contribution is 5.54. The van der Waals surface area contributed by atoms with Crippen LogP contribution in [0.25, 0.3) is 0 Å². The van der Waals surface area contributed by atoms with Gasteiger partial charge >= 0.3 is 0 Å². The van der Waals surface area contributed by atoms with E-state index in [1.807, 2.05) is 0 Å². The van der Waals surface area contributed by atoms with E-state index in [2.05, 4.69) is 68.9 Å². The van der Waals surface area contributed by atoms with Crippen LogP contribution >= 0.6 is 0 Å². The fourth-order valence-electron chi connectivity index (χ4n) is 12.7. The highest BCUT2D eigenvalue weighted by Gasteiger charge is 2.66. The summed E-state index contributed by atoms with van der Waals surface area (Å²) in [7, 11) is 0. The average molecular weight is 545 g/mol. The first-order valence-electron chi connectivity index (χ1n) is 17.4. The van der Waals surface area contributed by atoms with Gasteiger partial charge in [0.05, 0.1) is 0 Å². The van der Waals surface area contributed by atoms with E-state index in [1.165, 1.54) is 92.9 Å². The van der Waals surface area contributed by atoms with Crippen molar-refractivity contribution < 1.29 is 0 Å². The van der Waals surface area contributed by atoms with Crippen molar-refractivity contribution in [3.8, 4) is 0 Å². The van der Waals surface area contributed by atoms with Crippen LogP contribution in [-0.4, -0.2) is 0 Å². The quantitative estimate of drug-likeness (QED) is 0.302. The van der Waals surface area contributed by atoms with E-state index in [0.717, 1.165) is 35.5 Å². The van der Waals surface area contributed by atoms with Crippen molar-refractivity contribution >= 4 is 0 Å². The number of fused-ring (bicyclic) bond motifs is 3. The minimum atomic E-state index is 0.0798. The Morgan fingerprint density at radius 2 is 1.65 bits per heavy atom. The maximum Gasteiger partial charge on any atom is 0.00134 e. The molecule has 0 spiro atoms. The summed E-state index contributed by atoms with van der Waals surface area (Å²) in [5, 5.41) is 0. The summed E-state index contributed by atoms with van der Waals surface area (Å²) in [6.07, 6.45) is 15.7. The van der Waals surface area contributed by atoms with E-state index >= 15 is 0 Å². The number of rotatable bonds is 5. The molecule has 40 heavy (non-hydrogen) atoms. The first-order chi connectivity index (χ1) is 18.7. The van der Waals surface area contributed by atoms with Gasteiger partial charge in [-0.05, 0) is 121 Å². The molecule has 4 fully saturated rings. The van der Waals surface area contributed by atoms with E-state index in [4.69, 9.17) is 13.2 Å². The number of allylic oxidation sites excluding steroid dienone is 5. The lowest BCUT2D eigenvalue weighted by atomic mass is 9.34. The zero-order chi connectivity index (χ0) is 29.4. The van der Waals surface area contributed by atoms with Crippen LogP contribution in [0.15, 0.2) is 47.6 Å². The second kappa shape index (κ2) is 10.6. The topological polar surface area (TPSA) is 0 Å². The van der Waals surface area contributed by atoms with Crippen LogP contribution in [0.3, 0.4) is 0 Å². The highest BCUT2D eigenvalue weighted by atomic mass is 14.7. The van der Waals surface area contributed by atoms with Gasteiger partial charge in [0.1, 0.15) is 0 Å². The minimum Gasteiger partial charge on any atom is -0.0992 e. The second-order valence-corrected chi connectivity index (χ2v) is 17.3. The fourth-order valence-corrected chi connectivity index (χ4v) is 12.7. The third kappa shape index (κ3) is 4.51. The Balaban J connectivity index is 1.49. The Labute approximate surface area is 249 Å². The van der Waals surface area contributed by atoms with E-state index < -0.39 is 0 Å². The number of hydrogen-bond donors (Lipinski definition) is 0. The molecule has 0 heteroatoms. The molecule has 0 amide bonds. The van der Waals surface area contributed by atoms with Crippen molar-refractivity contribution in [1.82, 2.24) is 0 Å². The lowest BCUT2D eigenvalue weighted by Crippen LogP contribution is -2.62. The molecule has 0 saturated heterocycles. The van der Waals surface area contributed by atoms with Gasteiger partial charge in [-0.2, -0.15) is 0 Å². The van der Waals surface area contributed by atoms with Gasteiger partial charge in [-0.1, -0.05) is 123 Å². The Morgan fingerprint density at radius 3 is 2.25 bits per heavy atom. The molecule has 0 bridgehead atoms. The average Bonchev–Trinajstić information content (AvgIpc) is 2.85. The second-order valence-electron chi connectivity index (χ2n) is 17.3. The van der Waals surface area contributed by atoms with Gasteiger partial charge in [-0.3, -0.25) is 0 Å². The molecule has 0 aromatic rings. The molecule has 10 unspecified atom stereocenters. The van der Waals surface area contributed by atoms with Crippen molar-refractivity contribution in [3.63, 3.8) is 0 Å². The van der Waals surface area contributed by atoms with Crippen molar-refractivity contribution in [3.05, 3.63) is 47.6 Å². The Kier molecular flexibility index (Phi) is 8.06. The van der Waals surface area contributed by atoms with Crippen molar-refractivity contribution in [2.45, 2.75) is 133 Å². The molecule has 0 nitrogen and oxygen atoms in total.